The summed E-state index contributed by atoms with van der Waals surface area (Å²) >= 11 is 0. The van der Waals surface area contributed by atoms with Crippen LogP contribution < -0.4 is 0 Å². The molecular weight excluding hydrogens is 248 g/mol. The number of Topliss-reactive ketones (excluding diaryl/α,β-unsaturated/α-hetero) is 1. The molecule has 0 heterocycles. The highest BCUT2D eigenvalue weighted by Crippen LogP contribution is 2.24. The standard InChI is InChI=1S/C18H20O2/c1-13-5-3-8-18(20)17(13)12-16-7-4-6-15(11-16)10-9-14(2)19/h3-8,11,20H,9-10,12H2,1-2H3. The minimum absolute atomic E-state index is 0.215. The van der Waals surface area contributed by atoms with Crippen LogP contribution in [0.4, 0.5) is 0 Å². The van der Waals surface area contributed by atoms with Crippen molar-refractivity contribution in [2.45, 2.75) is 33.1 Å². The van der Waals surface area contributed by atoms with Crippen LogP contribution in [0.3, 0.4) is 0 Å². The Hall–Kier alpha value is -2.09. The van der Waals surface area contributed by atoms with E-state index in [0.717, 1.165) is 23.1 Å². The SMILES string of the molecule is CC(=O)CCc1cccc(Cc2c(C)cccc2O)c1. The van der Waals surface area contributed by atoms with Crippen LogP contribution in [0.1, 0.15) is 35.6 Å². The average Bonchev–Trinajstić information content (AvgIpc) is 2.41. The monoisotopic (exact) mass is 268 g/mol. The van der Waals surface area contributed by atoms with Crippen molar-refractivity contribution in [3.63, 3.8) is 0 Å². The maximum Gasteiger partial charge on any atom is 0.130 e. The number of aryl methyl sites for hydroxylation is 2. The Morgan fingerprint density at radius 3 is 2.50 bits per heavy atom. The van der Waals surface area contributed by atoms with Crippen molar-refractivity contribution in [2.24, 2.45) is 0 Å². The van der Waals surface area contributed by atoms with Crippen LogP contribution in [0.5, 0.6) is 5.75 Å². The van der Waals surface area contributed by atoms with Crippen LogP contribution in [0, 0.1) is 6.92 Å². The number of aromatic hydroxyl groups is 1. The number of hydrogen-bond acceptors (Lipinski definition) is 2. The Morgan fingerprint density at radius 2 is 1.80 bits per heavy atom. The summed E-state index contributed by atoms with van der Waals surface area (Å²) in [6.07, 6.45) is 2.08. The summed E-state index contributed by atoms with van der Waals surface area (Å²) in [5, 5.41) is 9.95. The molecule has 2 aromatic carbocycles. The molecule has 0 aromatic heterocycles. The largest absolute Gasteiger partial charge is 0.508 e. The Balaban J connectivity index is 2.17. The fourth-order valence-corrected chi connectivity index (χ4v) is 2.34. The van der Waals surface area contributed by atoms with Crippen LogP contribution in [0.25, 0.3) is 0 Å². The molecule has 0 saturated carbocycles. The summed E-state index contributed by atoms with van der Waals surface area (Å²) in [6, 6.07) is 13.8. The van der Waals surface area contributed by atoms with Crippen molar-refractivity contribution in [3.8, 4) is 5.75 Å². The number of hydrogen-bond donors (Lipinski definition) is 1. The fraction of sp³-hybridized carbons (Fsp3) is 0.278. The van der Waals surface area contributed by atoms with Gasteiger partial charge in [0.1, 0.15) is 11.5 Å². The van der Waals surface area contributed by atoms with Crippen LogP contribution in [-0.4, -0.2) is 10.9 Å². The zero-order valence-electron chi connectivity index (χ0n) is 12.0. The second kappa shape index (κ2) is 6.38. The summed E-state index contributed by atoms with van der Waals surface area (Å²) in [7, 11) is 0. The van der Waals surface area contributed by atoms with E-state index in [1.165, 1.54) is 5.56 Å². The normalized spacial score (nSPS) is 10.5. The third-order valence-corrected chi connectivity index (χ3v) is 3.52. The molecule has 2 aromatic rings. The average molecular weight is 268 g/mol. The van der Waals surface area contributed by atoms with Crippen molar-refractivity contribution in [3.05, 3.63) is 64.7 Å². The molecular formula is C18H20O2. The maximum absolute atomic E-state index is 11.0. The lowest BCUT2D eigenvalue weighted by molar-refractivity contribution is -0.116. The van der Waals surface area contributed by atoms with E-state index in [2.05, 4.69) is 12.1 Å². The van der Waals surface area contributed by atoms with E-state index < -0.39 is 0 Å². The topological polar surface area (TPSA) is 37.3 Å². The van der Waals surface area contributed by atoms with Crippen molar-refractivity contribution >= 4 is 5.78 Å². The van der Waals surface area contributed by atoms with E-state index in [-0.39, 0.29) is 5.78 Å². The molecule has 0 unspecified atom stereocenters. The predicted octanol–water partition coefficient (Wildman–Crippen LogP) is 3.81. The molecule has 0 atom stereocenters. The van der Waals surface area contributed by atoms with Crippen molar-refractivity contribution in [1.82, 2.24) is 0 Å². The number of carbonyl (C=O) groups excluding carboxylic acids is 1. The summed E-state index contributed by atoms with van der Waals surface area (Å²) < 4.78 is 0. The molecule has 0 amide bonds. The Kier molecular flexibility index (Phi) is 4.57. The highest BCUT2D eigenvalue weighted by molar-refractivity contribution is 5.75. The van der Waals surface area contributed by atoms with Gasteiger partial charge in [0.15, 0.2) is 0 Å². The third-order valence-electron chi connectivity index (χ3n) is 3.52. The predicted molar refractivity (Wildman–Crippen MR) is 81.1 cm³/mol. The van der Waals surface area contributed by atoms with Crippen molar-refractivity contribution in [2.75, 3.05) is 0 Å². The molecule has 0 saturated heterocycles. The quantitative estimate of drug-likeness (QED) is 0.895. The molecule has 0 aliphatic carbocycles. The van der Waals surface area contributed by atoms with Gasteiger partial charge in [0.25, 0.3) is 0 Å². The zero-order chi connectivity index (χ0) is 14.5. The number of phenols is 1. The van der Waals surface area contributed by atoms with Gasteiger partial charge in [-0.2, -0.15) is 0 Å². The lowest BCUT2D eigenvalue weighted by Gasteiger charge is -2.09. The van der Waals surface area contributed by atoms with E-state index in [9.17, 15) is 9.90 Å². The van der Waals surface area contributed by atoms with Crippen molar-refractivity contribution in [1.29, 1.82) is 0 Å². The molecule has 2 nitrogen and oxygen atoms in total. The first kappa shape index (κ1) is 14.3. The number of carbonyl (C=O) groups is 1. The van der Waals surface area contributed by atoms with E-state index in [0.29, 0.717) is 18.6 Å². The number of benzene rings is 2. The van der Waals surface area contributed by atoms with Gasteiger partial charge >= 0.3 is 0 Å². The van der Waals surface area contributed by atoms with Crippen LogP contribution in [-0.2, 0) is 17.6 Å². The third kappa shape index (κ3) is 3.70. The van der Waals surface area contributed by atoms with Crippen LogP contribution in [0.2, 0.25) is 0 Å². The second-order valence-corrected chi connectivity index (χ2v) is 5.27. The lowest BCUT2D eigenvalue weighted by Crippen LogP contribution is -1.96. The first-order chi connectivity index (χ1) is 9.56. The molecule has 2 rings (SSSR count). The lowest BCUT2D eigenvalue weighted by atomic mass is 9.97. The molecule has 0 fully saturated rings. The molecule has 20 heavy (non-hydrogen) atoms. The fourth-order valence-electron chi connectivity index (χ4n) is 2.34. The molecule has 2 heteroatoms. The molecule has 0 bridgehead atoms. The van der Waals surface area contributed by atoms with Crippen LogP contribution in [0.15, 0.2) is 42.5 Å². The van der Waals surface area contributed by atoms with E-state index in [4.69, 9.17) is 0 Å². The Bertz CT molecular complexity index is 594. The van der Waals surface area contributed by atoms with Gasteiger partial charge in [-0.3, -0.25) is 0 Å². The van der Waals surface area contributed by atoms with Crippen molar-refractivity contribution < 1.29 is 9.90 Å². The highest BCUT2D eigenvalue weighted by Gasteiger charge is 2.06. The first-order valence-corrected chi connectivity index (χ1v) is 6.91. The number of phenolic OH excluding ortho intramolecular Hbond substituents is 1. The van der Waals surface area contributed by atoms with Gasteiger partial charge in [0, 0.05) is 18.4 Å². The smallest absolute Gasteiger partial charge is 0.130 e. The van der Waals surface area contributed by atoms with Gasteiger partial charge in [-0.15, -0.1) is 0 Å². The Labute approximate surface area is 120 Å². The minimum Gasteiger partial charge on any atom is -0.508 e. The minimum atomic E-state index is 0.215. The zero-order valence-corrected chi connectivity index (χ0v) is 12.0. The summed E-state index contributed by atoms with van der Waals surface area (Å²) in [4.78, 5) is 11.0. The van der Waals surface area contributed by atoms with Gasteiger partial charge in [0.2, 0.25) is 0 Å². The number of ketones is 1. The summed E-state index contributed by atoms with van der Waals surface area (Å²) in [5.74, 6) is 0.561. The molecule has 0 aliphatic rings. The van der Waals surface area contributed by atoms with Gasteiger partial charge in [-0.25, -0.2) is 0 Å². The molecule has 0 radical (unpaired) electrons. The first-order valence-electron chi connectivity index (χ1n) is 6.91. The molecule has 104 valence electrons. The highest BCUT2D eigenvalue weighted by atomic mass is 16.3. The molecule has 0 aliphatic heterocycles. The number of rotatable bonds is 5. The van der Waals surface area contributed by atoms with E-state index in [1.807, 2.05) is 31.2 Å². The van der Waals surface area contributed by atoms with E-state index in [1.54, 1.807) is 13.0 Å². The van der Waals surface area contributed by atoms with Gasteiger partial charge in [-0.05, 0) is 43.0 Å². The van der Waals surface area contributed by atoms with Gasteiger partial charge in [0.05, 0.1) is 0 Å². The van der Waals surface area contributed by atoms with Crippen LogP contribution >= 0.6 is 0 Å². The van der Waals surface area contributed by atoms with Gasteiger partial charge in [-0.1, -0.05) is 36.4 Å². The van der Waals surface area contributed by atoms with E-state index >= 15 is 0 Å². The summed E-state index contributed by atoms with van der Waals surface area (Å²) in [5.41, 5.74) is 4.40. The molecule has 0 spiro atoms. The Morgan fingerprint density at radius 1 is 1.10 bits per heavy atom. The molecule has 1 N–H and O–H groups in total. The maximum atomic E-state index is 11.0. The van der Waals surface area contributed by atoms with Gasteiger partial charge < -0.3 is 9.90 Å². The second-order valence-electron chi connectivity index (χ2n) is 5.27. The summed E-state index contributed by atoms with van der Waals surface area (Å²) in [6.45, 7) is 3.63.